The van der Waals surface area contributed by atoms with Crippen molar-refractivity contribution in [3.05, 3.63) is 91.8 Å². The molecule has 0 atom stereocenters. The summed E-state index contributed by atoms with van der Waals surface area (Å²) in [5.74, 6) is 0.549. The van der Waals surface area contributed by atoms with Crippen LogP contribution in [0.1, 0.15) is 25.7 Å². The van der Waals surface area contributed by atoms with Gasteiger partial charge in [-0.15, -0.1) is 0 Å². The summed E-state index contributed by atoms with van der Waals surface area (Å²) in [7, 11) is 0. The molecule has 0 unspecified atom stereocenters. The fraction of sp³-hybridized carbons (Fsp3) is 0.161. The third-order valence-electron chi connectivity index (χ3n) is 7.53. The van der Waals surface area contributed by atoms with Gasteiger partial charge in [0.1, 0.15) is 5.69 Å². The number of nitrogens with zero attached hydrogens (tertiary/aromatic N) is 4. The van der Waals surface area contributed by atoms with Gasteiger partial charge in [0, 0.05) is 46.2 Å². The summed E-state index contributed by atoms with van der Waals surface area (Å²) in [6, 6.07) is 16.5. The number of rotatable bonds is 6. The van der Waals surface area contributed by atoms with Gasteiger partial charge >= 0.3 is 0 Å². The van der Waals surface area contributed by atoms with Gasteiger partial charge < -0.3 is 10.3 Å². The lowest BCUT2D eigenvalue weighted by atomic mass is 10.0. The zero-order chi connectivity index (χ0) is 25.5. The van der Waals surface area contributed by atoms with E-state index in [0.29, 0.717) is 5.92 Å². The van der Waals surface area contributed by atoms with Crippen LogP contribution < -0.4 is 5.32 Å². The normalized spacial score (nSPS) is 13.9. The van der Waals surface area contributed by atoms with E-state index < -0.39 is 0 Å². The van der Waals surface area contributed by atoms with E-state index in [-0.39, 0.29) is 0 Å². The number of fused-ring (bicyclic) bond motifs is 2. The molecule has 3 N–H and O–H groups in total. The van der Waals surface area contributed by atoms with Crippen molar-refractivity contribution < 1.29 is 0 Å². The molecule has 38 heavy (non-hydrogen) atoms. The maximum atomic E-state index is 4.67. The maximum absolute atomic E-state index is 4.67. The predicted octanol–water partition coefficient (Wildman–Crippen LogP) is 7.35. The first-order chi connectivity index (χ1) is 18.7. The number of benzene rings is 1. The van der Waals surface area contributed by atoms with Crippen molar-refractivity contribution in [1.29, 1.82) is 0 Å². The summed E-state index contributed by atoms with van der Waals surface area (Å²) < 4.78 is 0. The molecular formula is C31H27N7. The quantitative estimate of drug-likeness (QED) is 0.224. The van der Waals surface area contributed by atoms with E-state index in [2.05, 4.69) is 72.4 Å². The number of pyridine rings is 3. The first-order valence-electron chi connectivity index (χ1n) is 13.0. The smallest absolute Gasteiger partial charge is 0.116 e. The molecule has 0 aliphatic heterocycles. The Bertz CT molecular complexity index is 1770. The number of aromatic nitrogens is 6. The van der Waals surface area contributed by atoms with E-state index in [9.17, 15) is 0 Å². The minimum atomic E-state index is 0.549. The third kappa shape index (κ3) is 4.02. The highest BCUT2D eigenvalue weighted by molar-refractivity contribution is 6.01. The molecule has 0 amide bonds. The number of hydrogen-bond donors (Lipinski definition) is 3. The number of allylic oxidation sites excluding steroid dienone is 1. The fourth-order valence-electron chi connectivity index (χ4n) is 5.53. The van der Waals surface area contributed by atoms with Gasteiger partial charge in [-0.05, 0) is 60.7 Å². The lowest BCUT2D eigenvalue weighted by Gasteiger charge is -2.16. The Balaban J connectivity index is 1.25. The van der Waals surface area contributed by atoms with E-state index in [1.165, 1.54) is 25.7 Å². The van der Waals surface area contributed by atoms with Gasteiger partial charge in [0.15, 0.2) is 0 Å². The van der Waals surface area contributed by atoms with Gasteiger partial charge in [-0.1, -0.05) is 31.6 Å². The summed E-state index contributed by atoms with van der Waals surface area (Å²) >= 11 is 0. The second kappa shape index (κ2) is 9.27. The summed E-state index contributed by atoms with van der Waals surface area (Å²) in [6.07, 6.45) is 14.3. The minimum absolute atomic E-state index is 0.549. The first kappa shape index (κ1) is 22.4. The highest BCUT2D eigenvalue weighted by Gasteiger charge is 2.19. The maximum Gasteiger partial charge on any atom is 0.116 e. The summed E-state index contributed by atoms with van der Waals surface area (Å²) in [5.41, 5.74) is 9.77. The lowest BCUT2D eigenvalue weighted by molar-refractivity contribution is 0.649. The van der Waals surface area contributed by atoms with E-state index in [1.54, 1.807) is 6.20 Å². The molecule has 1 aromatic carbocycles. The molecule has 0 radical (unpaired) electrons. The molecule has 1 aliphatic carbocycles. The average molecular weight is 498 g/mol. The van der Waals surface area contributed by atoms with Gasteiger partial charge in [0.25, 0.3) is 0 Å². The highest BCUT2D eigenvalue weighted by Crippen LogP contribution is 2.35. The predicted molar refractivity (Wildman–Crippen MR) is 152 cm³/mol. The van der Waals surface area contributed by atoms with Crippen molar-refractivity contribution in [2.45, 2.75) is 25.7 Å². The molecule has 1 fully saturated rings. The number of nitrogens with one attached hydrogen (secondary N) is 3. The molecular weight excluding hydrogens is 470 g/mol. The largest absolute Gasteiger partial charge is 0.358 e. The Morgan fingerprint density at radius 1 is 0.868 bits per heavy atom. The fourth-order valence-corrected chi connectivity index (χ4v) is 5.53. The summed E-state index contributed by atoms with van der Waals surface area (Å²) in [5, 5.41) is 13.5. The molecule has 5 heterocycles. The van der Waals surface area contributed by atoms with Crippen LogP contribution in [0.2, 0.25) is 0 Å². The van der Waals surface area contributed by atoms with E-state index in [4.69, 9.17) is 0 Å². The van der Waals surface area contributed by atoms with Crippen molar-refractivity contribution >= 4 is 27.5 Å². The molecule has 0 bridgehead atoms. The van der Waals surface area contributed by atoms with Crippen LogP contribution in [-0.2, 0) is 0 Å². The third-order valence-corrected chi connectivity index (χ3v) is 7.53. The van der Waals surface area contributed by atoms with Crippen molar-refractivity contribution in [2.24, 2.45) is 5.92 Å². The average Bonchev–Trinajstić information content (AvgIpc) is 3.73. The van der Waals surface area contributed by atoms with E-state index in [1.807, 2.05) is 43.0 Å². The SMILES string of the molecule is C=C(Nc1cncc(-c2ccc3[nH]nc(-c4cc5c(-c6ccccn6)cncc5[nH]4)c3c2)c1)C1CCCC1. The standard InChI is InChI=1S/C31H27N7/c1-19(20-6-2-3-7-20)35-23-12-22(15-32-16-23)21-9-10-28-25(13-21)31(38-37-28)29-14-24-26(17-33-18-30(24)36-29)27-8-4-5-11-34-27/h4-5,8-18,20,35-36H,1-3,6-7H2,(H,37,38). The molecule has 7 nitrogen and oxygen atoms in total. The lowest BCUT2D eigenvalue weighted by Crippen LogP contribution is -2.07. The van der Waals surface area contributed by atoms with Crippen molar-refractivity contribution in [1.82, 2.24) is 30.1 Å². The van der Waals surface area contributed by atoms with Crippen LogP contribution in [0.15, 0.2) is 91.8 Å². The van der Waals surface area contributed by atoms with E-state index in [0.717, 1.165) is 67.0 Å². The highest BCUT2D eigenvalue weighted by atomic mass is 15.1. The van der Waals surface area contributed by atoms with Gasteiger partial charge in [-0.2, -0.15) is 5.10 Å². The molecule has 7 rings (SSSR count). The van der Waals surface area contributed by atoms with Gasteiger partial charge in [-0.25, -0.2) is 0 Å². The molecule has 0 saturated heterocycles. The molecule has 6 aromatic rings. The Labute approximate surface area is 220 Å². The number of anilines is 1. The topological polar surface area (TPSA) is 95.2 Å². The zero-order valence-corrected chi connectivity index (χ0v) is 20.9. The second-order valence-electron chi connectivity index (χ2n) is 9.97. The molecule has 7 heteroatoms. The molecule has 5 aromatic heterocycles. The Hall–Kier alpha value is -4.78. The van der Waals surface area contributed by atoms with Crippen LogP contribution in [0.25, 0.3) is 55.6 Å². The Morgan fingerprint density at radius 3 is 2.63 bits per heavy atom. The minimum Gasteiger partial charge on any atom is -0.358 e. The van der Waals surface area contributed by atoms with Crippen LogP contribution in [0.5, 0.6) is 0 Å². The van der Waals surface area contributed by atoms with Crippen molar-refractivity contribution in [3.8, 4) is 33.8 Å². The summed E-state index contributed by atoms with van der Waals surface area (Å²) in [6.45, 7) is 4.29. The van der Waals surface area contributed by atoms with Gasteiger partial charge in [0.05, 0.1) is 40.5 Å². The van der Waals surface area contributed by atoms with Crippen LogP contribution in [0, 0.1) is 5.92 Å². The molecule has 186 valence electrons. The van der Waals surface area contributed by atoms with Crippen molar-refractivity contribution in [2.75, 3.05) is 5.32 Å². The summed E-state index contributed by atoms with van der Waals surface area (Å²) in [4.78, 5) is 17.0. The Kier molecular flexibility index (Phi) is 5.47. The molecule has 1 saturated carbocycles. The van der Waals surface area contributed by atoms with Crippen LogP contribution in [0.4, 0.5) is 5.69 Å². The number of aromatic amines is 2. The zero-order valence-electron chi connectivity index (χ0n) is 20.9. The monoisotopic (exact) mass is 497 g/mol. The van der Waals surface area contributed by atoms with Crippen molar-refractivity contribution in [3.63, 3.8) is 0 Å². The molecule has 1 aliphatic rings. The number of hydrogen-bond acceptors (Lipinski definition) is 5. The number of H-pyrrole nitrogens is 2. The molecule has 0 spiro atoms. The van der Waals surface area contributed by atoms with Gasteiger partial charge in [0.2, 0.25) is 0 Å². The Morgan fingerprint density at radius 2 is 1.76 bits per heavy atom. The second-order valence-corrected chi connectivity index (χ2v) is 9.97. The van der Waals surface area contributed by atoms with Crippen LogP contribution in [0.3, 0.4) is 0 Å². The van der Waals surface area contributed by atoms with E-state index >= 15 is 0 Å². The van der Waals surface area contributed by atoms with Crippen LogP contribution >= 0.6 is 0 Å². The first-order valence-corrected chi connectivity index (χ1v) is 13.0. The van der Waals surface area contributed by atoms with Crippen LogP contribution in [-0.4, -0.2) is 30.1 Å². The van der Waals surface area contributed by atoms with Gasteiger partial charge in [-0.3, -0.25) is 20.1 Å².